The fourth-order valence-electron chi connectivity index (χ4n) is 3.09. The summed E-state index contributed by atoms with van der Waals surface area (Å²) >= 11 is 0. The van der Waals surface area contributed by atoms with E-state index in [4.69, 9.17) is 5.73 Å². The second-order valence-electron chi connectivity index (χ2n) is 6.16. The number of nitrogens with two attached hydrogens (primary N) is 1. The molecule has 0 radical (unpaired) electrons. The number of nitrogens with one attached hydrogen (secondary N) is 2. The summed E-state index contributed by atoms with van der Waals surface area (Å²) in [5, 5.41) is 16.5. The van der Waals surface area contributed by atoms with Gasteiger partial charge in [-0.15, -0.1) is 0 Å². The first-order valence-corrected chi connectivity index (χ1v) is 7.51. The number of hydrogen-bond acceptors (Lipinski definition) is 4. The molecule has 2 rings (SSSR count). The number of nitrogen functional groups attached to an aromatic ring is 1. The van der Waals surface area contributed by atoms with Crippen molar-refractivity contribution in [3.63, 3.8) is 0 Å². The van der Waals surface area contributed by atoms with Gasteiger partial charge in [0.25, 0.3) is 5.91 Å². The number of carbonyl (C=O) groups excluding carboxylic acids is 1. The van der Waals surface area contributed by atoms with Crippen LogP contribution in [0.4, 0.5) is 11.4 Å². The topological polar surface area (TPSA) is 87.4 Å². The molecule has 0 aliphatic heterocycles. The van der Waals surface area contributed by atoms with Crippen molar-refractivity contribution in [3.05, 3.63) is 23.8 Å². The zero-order valence-electron chi connectivity index (χ0n) is 12.8. The number of aliphatic hydroxyl groups is 1. The van der Waals surface area contributed by atoms with Crippen LogP contribution in [0.2, 0.25) is 0 Å². The highest BCUT2D eigenvalue weighted by atomic mass is 16.3. The Morgan fingerprint density at radius 2 is 2.29 bits per heavy atom. The summed E-state index contributed by atoms with van der Waals surface area (Å²) in [5.41, 5.74) is 6.89. The molecule has 1 fully saturated rings. The number of benzene rings is 1. The summed E-state index contributed by atoms with van der Waals surface area (Å²) < 4.78 is 0. The van der Waals surface area contributed by atoms with Crippen molar-refractivity contribution in [3.8, 4) is 0 Å². The number of hydrogen-bond donors (Lipinski definition) is 4. The van der Waals surface area contributed by atoms with Crippen LogP contribution in [0.3, 0.4) is 0 Å². The molecule has 1 saturated carbocycles. The normalized spacial score (nSPS) is 25.4. The van der Waals surface area contributed by atoms with Gasteiger partial charge in [-0.3, -0.25) is 4.79 Å². The quantitative estimate of drug-likeness (QED) is 0.639. The van der Waals surface area contributed by atoms with Gasteiger partial charge in [0.1, 0.15) is 0 Å². The van der Waals surface area contributed by atoms with Gasteiger partial charge in [-0.2, -0.15) is 0 Å². The van der Waals surface area contributed by atoms with Gasteiger partial charge in [-0.1, -0.05) is 19.8 Å². The molecule has 1 aromatic rings. The number of anilines is 2. The SMILES string of the molecule is CNC(=O)c1ccc(N)cc1NCC1(O)CCCC(C)C1. The Kier molecular flexibility index (Phi) is 4.73. The highest BCUT2D eigenvalue weighted by Gasteiger charge is 2.32. The first kappa shape index (κ1) is 15.6. The van der Waals surface area contributed by atoms with Gasteiger partial charge in [0.15, 0.2) is 0 Å². The van der Waals surface area contributed by atoms with Crippen LogP contribution in [0.25, 0.3) is 0 Å². The van der Waals surface area contributed by atoms with Crippen LogP contribution in [0, 0.1) is 5.92 Å². The Hall–Kier alpha value is -1.75. The van der Waals surface area contributed by atoms with Crippen LogP contribution < -0.4 is 16.4 Å². The third-order valence-electron chi connectivity index (χ3n) is 4.19. The molecule has 21 heavy (non-hydrogen) atoms. The van der Waals surface area contributed by atoms with E-state index in [1.807, 2.05) is 0 Å². The molecule has 1 aromatic carbocycles. The fourth-order valence-corrected chi connectivity index (χ4v) is 3.09. The van der Waals surface area contributed by atoms with Gasteiger partial charge in [0.05, 0.1) is 11.2 Å². The smallest absolute Gasteiger partial charge is 0.253 e. The second-order valence-corrected chi connectivity index (χ2v) is 6.16. The lowest BCUT2D eigenvalue weighted by Crippen LogP contribution is -2.41. The fraction of sp³-hybridized carbons (Fsp3) is 0.562. The number of rotatable bonds is 4. The standard InChI is InChI=1S/C16H25N3O2/c1-11-4-3-7-16(21,9-11)10-19-14-8-12(17)5-6-13(14)15(20)18-2/h5-6,8,11,19,21H,3-4,7,9-10,17H2,1-2H3,(H,18,20). The molecule has 1 aliphatic rings. The van der Waals surface area contributed by atoms with E-state index < -0.39 is 5.60 Å². The minimum Gasteiger partial charge on any atom is -0.399 e. The van der Waals surface area contributed by atoms with Gasteiger partial charge in [0.2, 0.25) is 0 Å². The van der Waals surface area contributed by atoms with Crippen molar-refractivity contribution in [2.75, 3.05) is 24.6 Å². The maximum Gasteiger partial charge on any atom is 0.253 e. The molecule has 5 N–H and O–H groups in total. The van der Waals surface area contributed by atoms with E-state index >= 15 is 0 Å². The minimum atomic E-state index is -0.706. The third kappa shape index (κ3) is 3.88. The highest BCUT2D eigenvalue weighted by Crippen LogP contribution is 2.32. The monoisotopic (exact) mass is 291 g/mol. The van der Waals surface area contributed by atoms with E-state index in [1.54, 1.807) is 25.2 Å². The molecule has 2 atom stereocenters. The third-order valence-corrected chi connectivity index (χ3v) is 4.19. The maximum atomic E-state index is 11.9. The maximum absolute atomic E-state index is 11.9. The first-order valence-electron chi connectivity index (χ1n) is 7.51. The zero-order valence-corrected chi connectivity index (χ0v) is 12.8. The average Bonchev–Trinajstić information content (AvgIpc) is 2.44. The molecule has 0 spiro atoms. The summed E-state index contributed by atoms with van der Waals surface area (Å²) in [6, 6.07) is 5.14. The molecule has 5 heteroatoms. The predicted octanol–water partition coefficient (Wildman–Crippen LogP) is 1.98. The van der Waals surface area contributed by atoms with Crippen molar-refractivity contribution in [1.82, 2.24) is 5.32 Å². The lowest BCUT2D eigenvalue weighted by molar-refractivity contribution is -0.000785. The van der Waals surface area contributed by atoms with Gasteiger partial charge in [0, 0.05) is 25.0 Å². The van der Waals surface area contributed by atoms with Crippen molar-refractivity contribution in [1.29, 1.82) is 0 Å². The van der Waals surface area contributed by atoms with E-state index in [0.29, 0.717) is 29.4 Å². The Balaban J connectivity index is 2.12. The molecular formula is C16H25N3O2. The van der Waals surface area contributed by atoms with Crippen LogP contribution in [0.1, 0.15) is 43.0 Å². The Labute approximate surface area is 125 Å². The van der Waals surface area contributed by atoms with Gasteiger partial charge < -0.3 is 21.5 Å². The summed E-state index contributed by atoms with van der Waals surface area (Å²) in [6.07, 6.45) is 3.79. The lowest BCUT2D eigenvalue weighted by Gasteiger charge is -2.36. The lowest BCUT2D eigenvalue weighted by atomic mass is 9.79. The largest absolute Gasteiger partial charge is 0.399 e. The van der Waals surface area contributed by atoms with Crippen LogP contribution in [0.15, 0.2) is 18.2 Å². The van der Waals surface area contributed by atoms with Crippen molar-refractivity contribution >= 4 is 17.3 Å². The zero-order chi connectivity index (χ0) is 15.5. The van der Waals surface area contributed by atoms with E-state index in [-0.39, 0.29) is 5.91 Å². The Morgan fingerprint density at radius 3 is 2.95 bits per heavy atom. The molecule has 0 heterocycles. The van der Waals surface area contributed by atoms with Crippen LogP contribution in [-0.2, 0) is 0 Å². The van der Waals surface area contributed by atoms with E-state index in [1.165, 1.54) is 6.42 Å². The van der Waals surface area contributed by atoms with E-state index in [9.17, 15) is 9.90 Å². The summed E-state index contributed by atoms with van der Waals surface area (Å²) in [6.45, 7) is 2.60. The molecule has 0 bridgehead atoms. The van der Waals surface area contributed by atoms with Gasteiger partial charge in [-0.25, -0.2) is 0 Å². The van der Waals surface area contributed by atoms with Gasteiger partial charge >= 0.3 is 0 Å². The molecule has 1 aliphatic carbocycles. The Bertz CT molecular complexity index is 518. The summed E-state index contributed by atoms with van der Waals surface area (Å²) in [7, 11) is 1.60. The Morgan fingerprint density at radius 1 is 1.52 bits per heavy atom. The van der Waals surface area contributed by atoms with Crippen molar-refractivity contribution in [2.24, 2.45) is 5.92 Å². The molecule has 0 saturated heterocycles. The number of carbonyl (C=O) groups is 1. The van der Waals surface area contributed by atoms with Crippen molar-refractivity contribution < 1.29 is 9.90 Å². The molecule has 0 aromatic heterocycles. The first-order chi connectivity index (χ1) is 9.93. The minimum absolute atomic E-state index is 0.165. The molecule has 2 unspecified atom stereocenters. The number of amides is 1. The van der Waals surface area contributed by atoms with Crippen molar-refractivity contribution in [2.45, 2.75) is 38.2 Å². The van der Waals surface area contributed by atoms with Gasteiger partial charge in [-0.05, 0) is 37.0 Å². The molecule has 116 valence electrons. The highest BCUT2D eigenvalue weighted by molar-refractivity contribution is 6.00. The van der Waals surface area contributed by atoms with Crippen LogP contribution >= 0.6 is 0 Å². The summed E-state index contributed by atoms with van der Waals surface area (Å²) in [5.74, 6) is 0.367. The van der Waals surface area contributed by atoms with E-state index in [0.717, 1.165) is 19.3 Å². The predicted molar refractivity (Wildman–Crippen MR) is 85.3 cm³/mol. The molecule has 5 nitrogen and oxygen atoms in total. The second kappa shape index (κ2) is 6.35. The molecule has 1 amide bonds. The van der Waals surface area contributed by atoms with E-state index in [2.05, 4.69) is 17.6 Å². The van der Waals surface area contributed by atoms with Crippen LogP contribution in [-0.4, -0.2) is 30.2 Å². The summed E-state index contributed by atoms with van der Waals surface area (Å²) in [4.78, 5) is 11.9. The average molecular weight is 291 g/mol. The molecular weight excluding hydrogens is 266 g/mol. The van der Waals surface area contributed by atoms with Crippen LogP contribution in [0.5, 0.6) is 0 Å².